The second-order valence-electron chi connectivity index (χ2n) is 3.26. The van der Waals surface area contributed by atoms with Crippen molar-refractivity contribution in [3.8, 4) is 0 Å². The zero-order valence-corrected chi connectivity index (χ0v) is 8.14. The van der Waals surface area contributed by atoms with E-state index in [1.165, 1.54) is 7.11 Å². The van der Waals surface area contributed by atoms with Crippen molar-refractivity contribution in [3.05, 3.63) is 0 Å². The third kappa shape index (κ3) is 1.03. The molecular formula is C7H12O4S. The Kier molecular flexibility index (Phi) is 1.94. The van der Waals surface area contributed by atoms with E-state index in [1.807, 2.05) is 0 Å². The van der Waals surface area contributed by atoms with Crippen LogP contribution in [0.5, 0.6) is 0 Å². The fourth-order valence-corrected chi connectivity index (χ4v) is 3.19. The normalized spacial score (nSPS) is 34.4. The molecule has 0 radical (unpaired) electrons. The molecule has 0 aliphatic heterocycles. The number of sulfone groups is 1. The minimum Gasteiger partial charge on any atom is -0.468 e. The van der Waals surface area contributed by atoms with Crippen LogP contribution in [0.3, 0.4) is 0 Å². The first-order valence-electron chi connectivity index (χ1n) is 3.64. The molecule has 1 aliphatic carbocycles. The van der Waals surface area contributed by atoms with Crippen LogP contribution in [0.1, 0.15) is 13.3 Å². The fourth-order valence-electron chi connectivity index (χ4n) is 1.52. The molecule has 0 heterocycles. The van der Waals surface area contributed by atoms with Crippen LogP contribution in [0.25, 0.3) is 0 Å². The Balaban J connectivity index is 3.04. The second-order valence-corrected chi connectivity index (χ2v) is 5.53. The van der Waals surface area contributed by atoms with Gasteiger partial charge in [0.05, 0.1) is 7.11 Å². The third-order valence-corrected chi connectivity index (χ3v) is 4.50. The van der Waals surface area contributed by atoms with E-state index in [9.17, 15) is 13.2 Å². The van der Waals surface area contributed by atoms with Gasteiger partial charge in [-0.05, 0) is 12.3 Å². The van der Waals surface area contributed by atoms with Crippen molar-refractivity contribution < 1.29 is 17.9 Å². The number of hydrogen-bond donors (Lipinski definition) is 0. The number of ether oxygens (including phenoxy) is 1. The van der Waals surface area contributed by atoms with Gasteiger partial charge in [0.1, 0.15) is 0 Å². The quantitative estimate of drug-likeness (QED) is 0.577. The molecule has 0 N–H and O–H groups in total. The summed E-state index contributed by atoms with van der Waals surface area (Å²) < 4.78 is 25.7. The molecule has 1 rings (SSSR count). The molecule has 12 heavy (non-hydrogen) atoms. The number of hydrogen-bond acceptors (Lipinski definition) is 4. The Morgan fingerprint density at radius 3 is 2.08 bits per heavy atom. The molecule has 70 valence electrons. The Bertz CT molecular complexity index is 305. The van der Waals surface area contributed by atoms with Gasteiger partial charge in [-0.15, -0.1) is 0 Å². The maximum atomic E-state index is 11.2. The molecule has 0 aromatic heterocycles. The average Bonchev–Trinajstić information content (AvgIpc) is 2.60. The van der Waals surface area contributed by atoms with Gasteiger partial charge < -0.3 is 4.74 Å². The van der Waals surface area contributed by atoms with Crippen molar-refractivity contribution in [2.45, 2.75) is 18.1 Å². The molecule has 1 saturated carbocycles. The van der Waals surface area contributed by atoms with Crippen molar-refractivity contribution in [2.75, 3.05) is 13.4 Å². The van der Waals surface area contributed by atoms with Crippen LogP contribution in [0.15, 0.2) is 0 Å². The first kappa shape index (κ1) is 9.51. The lowest BCUT2D eigenvalue weighted by molar-refractivity contribution is -0.141. The molecule has 4 nitrogen and oxygen atoms in total. The topological polar surface area (TPSA) is 60.4 Å². The summed E-state index contributed by atoms with van der Waals surface area (Å²) in [6, 6.07) is 0. The summed E-state index contributed by atoms with van der Waals surface area (Å²) in [5, 5.41) is 0. The maximum Gasteiger partial charge on any atom is 0.327 e. The molecule has 0 spiro atoms. The van der Waals surface area contributed by atoms with Crippen LogP contribution in [-0.4, -0.2) is 32.5 Å². The van der Waals surface area contributed by atoms with Gasteiger partial charge in [0.25, 0.3) is 0 Å². The molecule has 0 aromatic rings. The van der Waals surface area contributed by atoms with Crippen LogP contribution in [0.4, 0.5) is 0 Å². The van der Waals surface area contributed by atoms with Gasteiger partial charge in [0, 0.05) is 6.26 Å². The van der Waals surface area contributed by atoms with Gasteiger partial charge in [-0.3, -0.25) is 4.79 Å². The highest BCUT2D eigenvalue weighted by Crippen LogP contribution is 2.50. The smallest absolute Gasteiger partial charge is 0.327 e. The van der Waals surface area contributed by atoms with Crippen LogP contribution >= 0.6 is 0 Å². The fraction of sp³-hybridized carbons (Fsp3) is 0.857. The average molecular weight is 192 g/mol. The van der Waals surface area contributed by atoms with E-state index < -0.39 is 20.6 Å². The van der Waals surface area contributed by atoms with Gasteiger partial charge in [-0.1, -0.05) is 6.92 Å². The predicted molar refractivity (Wildman–Crippen MR) is 43.4 cm³/mol. The molecule has 0 aromatic carbocycles. The van der Waals surface area contributed by atoms with Gasteiger partial charge in [-0.2, -0.15) is 0 Å². The van der Waals surface area contributed by atoms with Gasteiger partial charge in [0.2, 0.25) is 0 Å². The second kappa shape index (κ2) is 2.45. The number of methoxy groups -OCH3 is 1. The van der Waals surface area contributed by atoms with Crippen molar-refractivity contribution in [1.29, 1.82) is 0 Å². The lowest BCUT2D eigenvalue weighted by Gasteiger charge is -2.10. The number of carbonyl (C=O) groups excluding carboxylic acids is 1. The molecule has 0 amide bonds. The first-order chi connectivity index (χ1) is 5.36. The molecule has 2 unspecified atom stereocenters. The molecule has 2 atom stereocenters. The Morgan fingerprint density at radius 1 is 1.58 bits per heavy atom. The Morgan fingerprint density at radius 2 is 2.00 bits per heavy atom. The van der Waals surface area contributed by atoms with Crippen molar-refractivity contribution >= 4 is 15.8 Å². The summed E-state index contributed by atoms with van der Waals surface area (Å²) in [5.41, 5.74) is 0. The number of carbonyl (C=O) groups is 1. The highest BCUT2D eigenvalue weighted by atomic mass is 32.2. The summed E-state index contributed by atoms with van der Waals surface area (Å²) in [6.07, 6.45) is 1.46. The molecule has 1 aliphatic rings. The van der Waals surface area contributed by atoms with Crippen molar-refractivity contribution in [3.63, 3.8) is 0 Å². The molecule has 0 saturated heterocycles. The molecule has 0 bridgehead atoms. The van der Waals surface area contributed by atoms with E-state index >= 15 is 0 Å². The Labute approximate surface area is 71.8 Å². The summed E-state index contributed by atoms with van der Waals surface area (Å²) in [7, 11) is -2.12. The molecule has 1 fully saturated rings. The first-order valence-corrected chi connectivity index (χ1v) is 5.53. The number of rotatable bonds is 2. The van der Waals surface area contributed by atoms with Gasteiger partial charge in [-0.25, -0.2) is 8.42 Å². The van der Waals surface area contributed by atoms with Crippen LogP contribution in [-0.2, 0) is 19.4 Å². The monoisotopic (exact) mass is 192 g/mol. The standard InChI is InChI=1S/C7H12O4S/c1-5-4-7(5,6(8)11-2)12(3,9)10/h5H,4H2,1-3H3. The Hall–Kier alpha value is -0.580. The maximum absolute atomic E-state index is 11.2. The van der Waals surface area contributed by atoms with E-state index in [0.29, 0.717) is 6.42 Å². The van der Waals surface area contributed by atoms with E-state index in [4.69, 9.17) is 0 Å². The highest BCUT2D eigenvalue weighted by Gasteiger charge is 2.66. The van der Waals surface area contributed by atoms with E-state index in [0.717, 1.165) is 6.26 Å². The van der Waals surface area contributed by atoms with Crippen LogP contribution in [0.2, 0.25) is 0 Å². The SMILES string of the molecule is COC(=O)C1(S(C)(=O)=O)CC1C. The largest absolute Gasteiger partial charge is 0.468 e. The summed E-state index contributed by atoms with van der Waals surface area (Å²) in [6.45, 7) is 1.73. The lowest BCUT2D eigenvalue weighted by atomic mass is 10.3. The van der Waals surface area contributed by atoms with Crippen molar-refractivity contribution in [1.82, 2.24) is 0 Å². The van der Waals surface area contributed by atoms with Gasteiger partial charge >= 0.3 is 5.97 Å². The van der Waals surface area contributed by atoms with Crippen LogP contribution < -0.4 is 0 Å². The zero-order chi connectivity index (χ0) is 9.57. The van der Waals surface area contributed by atoms with Crippen molar-refractivity contribution in [2.24, 2.45) is 5.92 Å². The summed E-state index contributed by atoms with van der Waals surface area (Å²) >= 11 is 0. The summed E-state index contributed by atoms with van der Waals surface area (Å²) in [4.78, 5) is 11.2. The summed E-state index contributed by atoms with van der Waals surface area (Å²) in [5.74, 6) is -0.738. The predicted octanol–water partition coefficient (Wildman–Crippen LogP) is -0.0174. The number of esters is 1. The molecular weight excluding hydrogens is 180 g/mol. The highest BCUT2D eigenvalue weighted by molar-refractivity contribution is 7.93. The minimum atomic E-state index is -3.33. The lowest BCUT2D eigenvalue weighted by Crippen LogP contribution is -2.34. The third-order valence-electron chi connectivity index (χ3n) is 2.44. The molecule has 5 heteroatoms. The van der Waals surface area contributed by atoms with E-state index in [2.05, 4.69) is 4.74 Å². The van der Waals surface area contributed by atoms with E-state index in [1.54, 1.807) is 6.92 Å². The minimum absolute atomic E-state index is 0.111. The zero-order valence-electron chi connectivity index (χ0n) is 7.33. The van der Waals surface area contributed by atoms with Gasteiger partial charge in [0.15, 0.2) is 14.6 Å². The van der Waals surface area contributed by atoms with E-state index in [-0.39, 0.29) is 5.92 Å². The van der Waals surface area contributed by atoms with Crippen LogP contribution in [0, 0.1) is 5.92 Å².